The van der Waals surface area contributed by atoms with Crippen LogP contribution in [0.3, 0.4) is 0 Å². The summed E-state index contributed by atoms with van der Waals surface area (Å²) in [4.78, 5) is 17.1. The van der Waals surface area contributed by atoms with E-state index in [9.17, 15) is 13.2 Å². The van der Waals surface area contributed by atoms with Crippen LogP contribution in [-0.4, -0.2) is 59.0 Å². The zero-order valence-corrected chi connectivity index (χ0v) is 19.1. The number of likely N-dealkylation sites (N-methyl/N-ethyl adjacent to an activating group) is 1. The van der Waals surface area contributed by atoms with Gasteiger partial charge in [-0.05, 0) is 43.4 Å². The van der Waals surface area contributed by atoms with Crippen LogP contribution in [0.5, 0.6) is 0 Å². The monoisotopic (exact) mass is 470 g/mol. The first-order chi connectivity index (χ1) is 14.2. The molecule has 0 spiro atoms. The van der Waals surface area contributed by atoms with Gasteiger partial charge < -0.3 is 15.1 Å². The minimum Gasteiger partial charge on any atom is -0.368 e. The minimum atomic E-state index is -3.77. The van der Waals surface area contributed by atoms with Crippen molar-refractivity contribution >= 4 is 50.5 Å². The number of hydrogen-bond acceptors (Lipinski definition) is 5. The van der Waals surface area contributed by atoms with Gasteiger partial charge in [-0.1, -0.05) is 30.1 Å². The lowest BCUT2D eigenvalue weighted by molar-refractivity contribution is 0.102. The number of piperazine rings is 1. The lowest BCUT2D eigenvalue weighted by atomic mass is 10.1. The molecule has 162 valence electrons. The molecule has 1 aliphatic heterocycles. The Morgan fingerprint density at radius 3 is 2.37 bits per heavy atom. The molecule has 0 aliphatic carbocycles. The van der Waals surface area contributed by atoms with Crippen LogP contribution >= 0.6 is 23.2 Å². The molecule has 0 atom stereocenters. The van der Waals surface area contributed by atoms with Crippen molar-refractivity contribution in [3.8, 4) is 0 Å². The second-order valence-electron chi connectivity index (χ2n) is 7.06. The van der Waals surface area contributed by atoms with Crippen molar-refractivity contribution in [2.75, 3.05) is 50.0 Å². The maximum absolute atomic E-state index is 12.9. The average molecular weight is 471 g/mol. The van der Waals surface area contributed by atoms with Crippen LogP contribution in [0.25, 0.3) is 0 Å². The molecule has 10 heteroatoms. The van der Waals surface area contributed by atoms with Crippen LogP contribution in [0.1, 0.15) is 17.3 Å². The van der Waals surface area contributed by atoms with Crippen LogP contribution in [0, 0.1) is 0 Å². The second kappa shape index (κ2) is 9.53. The van der Waals surface area contributed by atoms with Gasteiger partial charge in [-0.3, -0.25) is 4.79 Å². The molecule has 2 N–H and O–H groups in total. The summed E-state index contributed by atoms with van der Waals surface area (Å²) in [6.45, 7) is 5.05. The summed E-state index contributed by atoms with van der Waals surface area (Å²) >= 11 is 11.9. The van der Waals surface area contributed by atoms with Gasteiger partial charge in [0.1, 0.15) is 4.90 Å². The van der Waals surface area contributed by atoms with Gasteiger partial charge >= 0.3 is 0 Å². The fourth-order valence-corrected chi connectivity index (χ4v) is 4.81. The second-order valence-corrected chi connectivity index (χ2v) is 9.61. The van der Waals surface area contributed by atoms with E-state index in [1.807, 2.05) is 11.9 Å². The third-order valence-corrected chi connectivity index (χ3v) is 7.18. The smallest absolute Gasteiger partial charge is 0.255 e. The molecule has 0 unspecified atom stereocenters. The number of halogens is 2. The zero-order valence-electron chi connectivity index (χ0n) is 16.8. The first-order valence-electron chi connectivity index (χ1n) is 9.55. The van der Waals surface area contributed by atoms with Gasteiger partial charge in [-0.15, -0.1) is 0 Å². The number of sulfonamides is 1. The van der Waals surface area contributed by atoms with E-state index in [2.05, 4.69) is 14.9 Å². The lowest BCUT2D eigenvalue weighted by Crippen LogP contribution is -2.45. The van der Waals surface area contributed by atoms with Crippen LogP contribution in [-0.2, 0) is 10.0 Å². The van der Waals surface area contributed by atoms with Gasteiger partial charge in [0.25, 0.3) is 5.91 Å². The van der Waals surface area contributed by atoms with Crippen molar-refractivity contribution in [1.29, 1.82) is 0 Å². The molecular formula is C20H24Cl2N4O3S. The molecule has 0 saturated carbocycles. The number of hydrogen-bond donors (Lipinski definition) is 2. The van der Waals surface area contributed by atoms with Crippen molar-refractivity contribution in [2.24, 2.45) is 0 Å². The SMILES string of the molecule is CCNS(=O)(=O)c1cc(C(=O)Nc2ccc(Cl)c(Cl)c2)ccc1N1CCN(C)CC1. The van der Waals surface area contributed by atoms with Gasteiger partial charge in [-0.25, -0.2) is 13.1 Å². The number of anilines is 2. The molecule has 1 fully saturated rings. The third-order valence-electron chi connectivity index (χ3n) is 4.87. The first-order valence-corrected chi connectivity index (χ1v) is 11.8. The molecule has 0 bridgehead atoms. The summed E-state index contributed by atoms with van der Waals surface area (Å²) in [6, 6.07) is 9.48. The van der Waals surface area contributed by atoms with Crippen molar-refractivity contribution in [2.45, 2.75) is 11.8 Å². The zero-order chi connectivity index (χ0) is 21.9. The summed E-state index contributed by atoms with van der Waals surface area (Å²) in [5, 5.41) is 3.42. The number of benzene rings is 2. The molecule has 1 aliphatic rings. The molecule has 2 aromatic carbocycles. The number of amides is 1. The highest BCUT2D eigenvalue weighted by Crippen LogP contribution is 2.29. The van der Waals surface area contributed by atoms with Gasteiger partial charge in [0, 0.05) is 44.0 Å². The largest absolute Gasteiger partial charge is 0.368 e. The minimum absolute atomic E-state index is 0.0932. The molecule has 1 heterocycles. The Balaban J connectivity index is 1.94. The standard InChI is InChI=1S/C20H24Cl2N4O3S/c1-3-23-30(28,29)19-12-14(4-7-18(19)26-10-8-25(2)9-11-26)20(27)24-15-5-6-16(21)17(22)13-15/h4-7,12-13,23H,3,8-11H2,1-2H3,(H,24,27). The average Bonchev–Trinajstić information content (AvgIpc) is 2.71. The van der Waals surface area contributed by atoms with E-state index in [0.29, 0.717) is 34.5 Å². The van der Waals surface area contributed by atoms with Crippen molar-refractivity contribution in [3.63, 3.8) is 0 Å². The van der Waals surface area contributed by atoms with Crippen LogP contribution < -0.4 is 14.9 Å². The lowest BCUT2D eigenvalue weighted by Gasteiger charge is -2.35. The molecular weight excluding hydrogens is 447 g/mol. The summed E-state index contributed by atoms with van der Waals surface area (Å²) < 4.78 is 28.3. The highest BCUT2D eigenvalue weighted by atomic mass is 35.5. The number of rotatable bonds is 6. The van der Waals surface area contributed by atoms with E-state index in [1.54, 1.807) is 31.2 Å². The Morgan fingerprint density at radius 2 is 1.73 bits per heavy atom. The predicted octanol–water partition coefficient (Wildman–Crippen LogP) is 3.30. The molecule has 0 aromatic heterocycles. The Labute approximate surface area is 187 Å². The Bertz CT molecular complexity index is 1040. The Morgan fingerprint density at radius 1 is 1.03 bits per heavy atom. The Kier molecular flexibility index (Phi) is 7.26. The molecule has 2 aromatic rings. The van der Waals surface area contributed by atoms with Crippen molar-refractivity contribution in [3.05, 3.63) is 52.0 Å². The highest BCUT2D eigenvalue weighted by molar-refractivity contribution is 7.89. The summed E-state index contributed by atoms with van der Waals surface area (Å²) in [5.74, 6) is -0.439. The fraction of sp³-hybridized carbons (Fsp3) is 0.350. The summed E-state index contributed by atoms with van der Waals surface area (Å²) in [6.07, 6.45) is 0. The molecule has 1 amide bonds. The molecule has 0 radical (unpaired) electrons. The van der Waals surface area contributed by atoms with Crippen molar-refractivity contribution < 1.29 is 13.2 Å². The molecule has 30 heavy (non-hydrogen) atoms. The van der Waals surface area contributed by atoms with Crippen LogP contribution in [0.4, 0.5) is 11.4 Å². The van der Waals surface area contributed by atoms with E-state index >= 15 is 0 Å². The number of carbonyl (C=O) groups excluding carboxylic acids is 1. The van der Waals surface area contributed by atoms with Gasteiger partial charge in [-0.2, -0.15) is 0 Å². The normalized spacial score (nSPS) is 15.3. The van der Waals surface area contributed by atoms with Gasteiger partial charge in [0.2, 0.25) is 10.0 Å². The Hall–Kier alpha value is -1.84. The quantitative estimate of drug-likeness (QED) is 0.676. The fourth-order valence-electron chi connectivity index (χ4n) is 3.22. The molecule has 3 rings (SSSR count). The summed E-state index contributed by atoms with van der Waals surface area (Å²) in [5.41, 5.74) is 1.29. The van der Waals surface area contributed by atoms with Gasteiger partial charge in [0.15, 0.2) is 0 Å². The van der Waals surface area contributed by atoms with E-state index in [4.69, 9.17) is 23.2 Å². The van der Waals surface area contributed by atoms with Gasteiger partial charge in [0.05, 0.1) is 15.7 Å². The maximum atomic E-state index is 12.9. The number of carbonyl (C=O) groups is 1. The summed E-state index contributed by atoms with van der Waals surface area (Å²) in [7, 11) is -1.74. The van der Waals surface area contributed by atoms with E-state index < -0.39 is 15.9 Å². The molecule has 7 nitrogen and oxygen atoms in total. The van der Waals surface area contributed by atoms with Crippen LogP contribution in [0.15, 0.2) is 41.3 Å². The van der Waals surface area contributed by atoms with E-state index in [0.717, 1.165) is 13.1 Å². The van der Waals surface area contributed by atoms with E-state index in [1.165, 1.54) is 12.1 Å². The highest BCUT2D eigenvalue weighted by Gasteiger charge is 2.25. The topological polar surface area (TPSA) is 81.7 Å². The molecule has 1 saturated heterocycles. The van der Waals surface area contributed by atoms with Crippen molar-refractivity contribution in [1.82, 2.24) is 9.62 Å². The predicted molar refractivity (Wildman–Crippen MR) is 121 cm³/mol. The van der Waals surface area contributed by atoms with E-state index in [-0.39, 0.29) is 17.0 Å². The van der Waals surface area contributed by atoms with Crippen LogP contribution in [0.2, 0.25) is 10.0 Å². The maximum Gasteiger partial charge on any atom is 0.255 e. The first kappa shape index (κ1) is 22.8. The third kappa shape index (κ3) is 5.25. The number of nitrogens with zero attached hydrogens (tertiary/aromatic N) is 2. The number of nitrogens with one attached hydrogen (secondary N) is 2.